The van der Waals surface area contributed by atoms with Gasteiger partial charge in [0.05, 0.1) is 38.8 Å². The number of carbonyl (C=O) groups excluding carboxylic acids is 3. The predicted octanol–water partition coefficient (Wildman–Crippen LogP) is 14.6. The van der Waals surface area contributed by atoms with E-state index in [9.17, 15) is 14.4 Å². The van der Waals surface area contributed by atoms with E-state index in [-0.39, 0.29) is 42.6 Å². The van der Waals surface area contributed by atoms with Crippen molar-refractivity contribution in [3.05, 3.63) is 0 Å². The Labute approximate surface area is 460 Å². The summed E-state index contributed by atoms with van der Waals surface area (Å²) in [6, 6.07) is -0.305. The lowest BCUT2D eigenvalue weighted by atomic mass is 10.1. The largest absolute Gasteiger partial charge is 0.466 e. The Hall–Kier alpha value is -1.87. The number of rotatable bonds is 56. The van der Waals surface area contributed by atoms with Crippen LogP contribution in [0.1, 0.15) is 272 Å². The van der Waals surface area contributed by atoms with Crippen LogP contribution in [-0.2, 0) is 52.3 Å². The van der Waals surface area contributed by atoms with Crippen molar-refractivity contribution in [1.82, 2.24) is 9.80 Å². The quantitative estimate of drug-likeness (QED) is 0.0248. The second-order valence-corrected chi connectivity index (χ2v) is 21.9. The summed E-state index contributed by atoms with van der Waals surface area (Å²) in [5, 5.41) is 0. The number of nitrogens with zero attached hydrogens (tertiary/aromatic N) is 2. The van der Waals surface area contributed by atoms with Crippen LogP contribution >= 0.6 is 0 Å². The minimum atomic E-state index is -0.364. The lowest BCUT2D eigenvalue weighted by Gasteiger charge is -2.22. The van der Waals surface area contributed by atoms with Gasteiger partial charge in [-0.2, -0.15) is 0 Å². The van der Waals surface area contributed by atoms with Crippen LogP contribution in [0.2, 0.25) is 0 Å². The number of hydrogen-bond acceptors (Lipinski definition) is 13. The number of likely N-dealkylation sites (tertiary alicyclic amines) is 2. The van der Waals surface area contributed by atoms with Gasteiger partial charge in [0.15, 0.2) is 12.6 Å². The van der Waals surface area contributed by atoms with Gasteiger partial charge in [0.2, 0.25) is 0 Å². The molecule has 0 radical (unpaired) electrons. The highest BCUT2D eigenvalue weighted by atomic mass is 16.7. The van der Waals surface area contributed by atoms with E-state index in [2.05, 4.69) is 37.5 Å². The molecule has 75 heavy (non-hydrogen) atoms. The van der Waals surface area contributed by atoms with Crippen molar-refractivity contribution in [2.45, 2.75) is 296 Å². The smallest absolute Gasteiger partial charge is 0.323 e. The van der Waals surface area contributed by atoms with E-state index < -0.39 is 0 Å². The Balaban J connectivity index is 1.68. The molecule has 0 aliphatic carbocycles. The standard InChI is InChI=1S/C62H118N2O11/c1-5-9-13-17-22-33-50-73-61(74-51-34-23-18-14-10-6-2)41-39-59(66)70-47-36-26-27-45-64-55-56(68-53-37-44-63-42-28-29-43-63)54-57(64)62(67)75-52-35-25-19-24-30-46-69-58(65)38-40-60(71-48-31-20-15-11-7-3)72-49-32-21-16-12-8-4/h56-57,60-61H,5-55H2,1-4H3. The maximum Gasteiger partial charge on any atom is 0.323 e. The van der Waals surface area contributed by atoms with Gasteiger partial charge in [-0.25, -0.2) is 0 Å². The lowest BCUT2D eigenvalue weighted by molar-refractivity contribution is -0.159. The average Bonchev–Trinajstić information content (AvgIpc) is 4.10. The number of ether oxygens (including phenoxy) is 8. The second-order valence-electron chi connectivity index (χ2n) is 21.9. The molecular formula is C62H118N2O11. The first-order valence-electron chi connectivity index (χ1n) is 31.9. The number of esters is 3. The fourth-order valence-electron chi connectivity index (χ4n) is 10.1. The molecule has 2 atom stereocenters. The Kier molecular flexibility index (Phi) is 47.6. The summed E-state index contributed by atoms with van der Waals surface area (Å²) in [6.45, 7) is 18.5. The van der Waals surface area contributed by atoms with Gasteiger partial charge in [0.25, 0.3) is 0 Å². The number of unbranched alkanes of at least 4 members (excludes halogenated alkanes) is 24. The summed E-state index contributed by atoms with van der Waals surface area (Å²) >= 11 is 0. The van der Waals surface area contributed by atoms with Crippen LogP contribution in [0.3, 0.4) is 0 Å². The molecule has 0 bridgehead atoms. The molecule has 2 rings (SSSR count). The minimum Gasteiger partial charge on any atom is -0.466 e. The molecule has 2 aliphatic heterocycles. The molecule has 0 spiro atoms. The van der Waals surface area contributed by atoms with Crippen LogP contribution in [0, 0.1) is 0 Å². The van der Waals surface area contributed by atoms with Crippen molar-refractivity contribution in [1.29, 1.82) is 0 Å². The first kappa shape index (κ1) is 69.2. The molecule has 2 saturated heterocycles. The number of hydrogen-bond donors (Lipinski definition) is 0. The first-order chi connectivity index (χ1) is 36.9. The van der Waals surface area contributed by atoms with E-state index in [0.717, 1.165) is 103 Å². The molecule has 0 aromatic heterocycles. The van der Waals surface area contributed by atoms with E-state index >= 15 is 0 Å². The minimum absolute atomic E-state index is 0.0165. The van der Waals surface area contributed by atoms with Gasteiger partial charge in [-0.15, -0.1) is 0 Å². The summed E-state index contributed by atoms with van der Waals surface area (Å²) in [5.74, 6) is -0.537. The fraction of sp³-hybridized carbons (Fsp3) is 0.952. The van der Waals surface area contributed by atoms with E-state index in [1.807, 2.05) is 0 Å². The van der Waals surface area contributed by atoms with Gasteiger partial charge in [0, 0.05) is 65.4 Å². The average molecular weight is 1070 g/mol. The van der Waals surface area contributed by atoms with E-state index in [0.29, 0.717) is 85.0 Å². The van der Waals surface area contributed by atoms with E-state index in [1.165, 1.54) is 142 Å². The molecule has 0 amide bonds. The topological polar surface area (TPSA) is 132 Å². The third-order valence-electron chi connectivity index (χ3n) is 14.8. The third-order valence-corrected chi connectivity index (χ3v) is 14.8. The monoisotopic (exact) mass is 1070 g/mol. The lowest BCUT2D eigenvalue weighted by Crippen LogP contribution is -2.38. The van der Waals surface area contributed by atoms with Crippen LogP contribution in [0.5, 0.6) is 0 Å². The molecule has 2 heterocycles. The van der Waals surface area contributed by atoms with Gasteiger partial charge in [-0.1, -0.05) is 163 Å². The zero-order valence-electron chi connectivity index (χ0n) is 49.3. The van der Waals surface area contributed by atoms with Crippen molar-refractivity contribution in [2.24, 2.45) is 0 Å². The van der Waals surface area contributed by atoms with Gasteiger partial charge in [0.1, 0.15) is 6.04 Å². The molecule has 13 heteroatoms. The Morgan fingerprint density at radius 2 is 0.787 bits per heavy atom. The molecule has 2 fully saturated rings. The Morgan fingerprint density at radius 3 is 1.21 bits per heavy atom. The van der Waals surface area contributed by atoms with Crippen LogP contribution < -0.4 is 0 Å². The summed E-state index contributed by atoms with van der Waals surface area (Å²) in [4.78, 5) is 43.7. The summed E-state index contributed by atoms with van der Waals surface area (Å²) in [5.41, 5.74) is 0. The van der Waals surface area contributed by atoms with Crippen LogP contribution in [0.25, 0.3) is 0 Å². The summed E-state index contributed by atoms with van der Waals surface area (Å²) in [7, 11) is 0. The maximum absolute atomic E-state index is 13.5. The van der Waals surface area contributed by atoms with Crippen molar-refractivity contribution in [3.8, 4) is 0 Å². The van der Waals surface area contributed by atoms with Crippen LogP contribution in [-0.4, -0.2) is 138 Å². The molecule has 13 nitrogen and oxygen atoms in total. The summed E-state index contributed by atoms with van der Waals surface area (Å²) in [6.07, 6.45) is 38.6. The molecule has 0 N–H and O–H groups in total. The predicted molar refractivity (Wildman–Crippen MR) is 304 cm³/mol. The molecule has 0 saturated carbocycles. The van der Waals surface area contributed by atoms with E-state index in [4.69, 9.17) is 37.9 Å². The van der Waals surface area contributed by atoms with Gasteiger partial charge in [-0.05, 0) is 96.7 Å². The highest BCUT2D eigenvalue weighted by Crippen LogP contribution is 2.24. The molecule has 2 unspecified atom stereocenters. The van der Waals surface area contributed by atoms with Crippen LogP contribution in [0.15, 0.2) is 0 Å². The third kappa shape index (κ3) is 40.9. The van der Waals surface area contributed by atoms with E-state index in [1.54, 1.807) is 0 Å². The zero-order valence-corrected chi connectivity index (χ0v) is 49.3. The summed E-state index contributed by atoms with van der Waals surface area (Å²) < 4.78 is 47.9. The van der Waals surface area contributed by atoms with Gasteiger partial charge in [-0.3, -0.25) is 19.3 Å². The Bertz CT molecular complexity index is 1250. The number of carbonyl (C=O) groups is 3. The normalized spacial score (nSPS) is 16.2. The molecule has 442 valence electrons. The molecule has 0 aromatic rings. The van der Waals surface area contributed by atoms with Crippen molar-refractivity contribution < 1.29 is 52.3 Å². The van der Waals surface area contributed by atoms with Gasteiger partial charge < -0.3 is 42.8 Å². The molecule has 2 aliphatic rings. The SMILES string of the molecule is CCCCCCCCOC(CCC(=O)OCCCCCN1CC(OCCCN2CCCC2)CC1C(=O)OCCCCCCCOC(=O)CCC(OCCCCCCC)OCCCCCCC)OCCCCCCCC. The second kappa shape index (κ2) is 51.6. The first-order valence-corrected chi connectivity index (χ1v) is 31.9. The molecule has 0 aromatic carbocycles. The van der Waals surface area contributed by atoms with Crippen LogP contribution in [0.4, 0.5) is 0 Å². The fourth-order valence-corrected chi connectivity index (χ4v) is 10.1. The molecular weight excluding hydrogens is 949 g/mol. The highest BCUT2D eigenvalue weighted by molar-refractivity contribution is 5.76. The van der Waals surface area contributed by atoms with Crippen molar-refractivity contribution >= 4 is 17.9 Å². The maximum atomic E-state index is 13.5. The van der Waals surface area contributed by atoms with Gasteiger partial charge >= 0.3 is 17.9 Å². The highest BCUT2D eigenvalue weighted by Gasteiger charge is 2.38. The van der Waals surface area contributed by atoms with Crippen molar-refractivity contribution in [2.75, 3.05) is 85.6 Å². The van der Waals surface area contributed by atoms with Crippen molar-refractivity contribution in [3.63, 3.8) is 0 Å². The zero-order chi connectivity index (χ0) is 53.9. The Morgan fingerprint density at radius 1 is 0.413 bits per heavy atom.